The van der Waals surface area contributed by atoms with E-state index in [2.05, 4.69) is 4.98 Å². The number of hydrogen-bond donors (Lipinski definition) is 2. The van der Waals surface area contributed by atoms with Crippen LogP contribution in [0.2, 0.25) is 0 Å². The van der Waals surface area contributed by atoms with Crippen LogP contribution in [-0.4, -0.2) is 57.0 Å². The quantitative estimate of drug-likeness (QED) is 0.463. The van der Waals surface area contributed by atoms with E-state index < -0.39 is 53.5 Å². The molecule has 36 heavy (non-hydrogen) atoms. The van der Waals surface area contributed by atoms with Crippen molar-refractivity contribution in [1.29, 1.82) is 0 Å². The summed E-state index contributed by atoms with van der Waals surface area (Å²) in [5.41, 5.74) is -1.38. The zero-order chi connectivity index (χ0) is 26.7. The van der Waals surface area contributed by atoms with Crippen molar-refractivity contribution >= 4 is 17.8 Å². The van der Waals surface area contributed by atoms with Crippen molar-refractivity contribution < 1.29 is 33.7 Å². The Bertz CT molecular complexity index is 951. The molecule has 1 aromatic heterocycles. The SMILES string of the molecule is CC[C@H]1C(=O)C(C)(C)[C@@H](O)CC(=O)O[C@H](C(F)=Cc2ccccn2)C[C@@H]2O[C@]2(C)CCC[C@H](C)[C@@H]1O. The normalized spacial score (nSPS) is 36.6. The monoisotopic (exact) mass is 505 g/mol. The third kappa shape index (κ3) is 6.58. The van der Waals surface area contributed by atoms with Crippen molar-refractivity contribution in [3.8, 4) is 0 Å². The van der Waals surface area contributed by atoms with Gasteiger partial charge in [0.25, 0.3) is 0 Å². The molecule has 3 rings (SSSR count). The van der Waals surface area contributed by atoms with E-state index in [4.69, 9.17) is 9.47 Å². The number of aliphatic hydroxyl groups is 2. The molecular formula is C28H40FNO6. The van der Waals surface area contributed by atoms with Gasteiger partial charge in [-0.05, 0) is 50.3 Å². The Hall–Kier alpha value is -2.16. The van der Waals surface area contributed by atoms with Gasteiger partial charge < -0.3 is 19.7 Å². The highest BCUT2D eigenvalue weighted by atomic mass is 19.1. The minimum atomic E-state index is -1.35. The summed E-state index contributed by atoms with van der Waals surface area (Å²) in [5, 5.41) is 21.8. The minimum Gasteiger partial charge on any atom is -0.455 e. The van der Waals surface area contributed by atoms with Crippen molar-refractivity contribution in [1.82, 2.24) is 4.98 Å². The van der Waals surface area contributed by atoms with Crippen molar-refractivity contribution in [3.63, 3.8) is 0 Å². The molecule has 2 N–H and O–H groups in total. The lowest BCUT2D eigenvalue weighted by molar-refractivity contribution is -0.155. The zero-order valence-electron chi connectivity index (χ0n) is 21.9. The number of Topliss-reactive ketones (excluding diaryl/α,β-unsaturated/α-hetero) is 1. The first kappa shape index (κ1) is 28.4. The predicted molar refractivity (Wildman–Crippen MR) is 133 cm³/mol. The Labute approximate surface area is 213 Å². The molecule has 2 saturated heterocycles. The van der Waals surface area contributed by atoms with E-state index in [1.54, 1.807) is 38.2 Å². The number of ketones is 1. The second kappa shape index (κ2) is 11.5. The van der Waals surface area contributed by atoms with Crippen LogP contribution in [0, 0.1) is 17.3 Å². The Morgan fingerprint density at radius 2 is 1.97 bits per heavy atom. The highest BCUT2D eigenvalue weighted by Gasteiger charge is 2.53. The summed E-state index contributed by atoms with van der Waals surface area (Å²) in [5.74, 6) is -2.56. The van der Waals surface area contributed by atoms with Crippen LogP contribution in [0.3, 0.4) is 0 Å². The Morgan fingerprint density at radius 1 is 1.25 bits per heavy atom. The van der Waals surface area contributed by atoms with E-state index in [-0.39, 0.29) is 24.2 Å². The molecule has 200 valence electrons. The fourth-order valence-corrected chi connectivity index (χ4v) is 5.10. The van der Waals surface area contributed by atoms with Crippen LogP contribution in [0.4, 0.5) is 4.39 Å². The van der Waals surface area contributed by atoms with E-state index in [1.165, 1.54) is 6.08 Å². The molecule has 0 radical (unpaired) electrons. The first-order valence-electron chi connectivity index (χ1n) is 12.9. The zero-order valence-corrected chi connectivity index (χ0v) is 21.9. The number of ether oxygens (including phenoxy) is 2. The van der Waals surface area contributed by atoms with Crippen molar-refractivity contribution in [3.05, 3.63) is 35.9 Å². The van der Waals surface area contributed by atoms with E-state index in [9.17, 15) is 19.8 Å². The fourth-order valence-electron chi connectivity index (χ4n) is 5.10. The molecule has 2 aliphatic rings. The average molecular weight is 506 g/mol. The summed E-state index contributed by atoms with van der Waals surface area (Å²) in [6.07, 6.45) is 1.31. The molecular weight excluding hydrogens is 465 g/mol. The van der Waals surface area contributed by atoms with Crippen molar-refractivity contribution in [2.75, 3.05) is 0 Å². The summed E-state index contributed by atoms with van der Waals surface area (Å²) < 4.78 is 26.7. The summed E-state index contributed by atoms with van der Waals surface area (Å²) in [4.78, 5) is 30.3. The van der Waals surface area contributed by atoms with Crippen molar-refractivity contribution in [2.45, 2.75) is 103 Å². The molecule has 0 amide bonds. The van der Waals surface area contributed by atoms with Gasteiger partial charge in [-0.1, -0.05) is 40.2 Å². The van der Waals surface area contributed by atoms with Crippen LogP contribution in [0.15, 0.2) is 30.2 Å². The average Bonchev–Trinajstić information content (AvgIpc) is 3.47. The lowest BCUT2D eigenvalue weighted by Crippen LogP contribution is -2.46. The summed E-state index contributed by atoms with van der Waals surface area (Å²) in [7, 11) is 0. The number of nitrogens with zero attached hydrogens (tertiary/aromatic N) is 1. The van der Waals surface area contributed by atoms with E-state index in [1.807, 2.05) is 20.8 Å². The number of fused-ring (bicyclic) bond motifs is 1. The third-order valence-corrected chi connectivity index (χ3v) is 7.95. The van der Waals surface area contributed by atoms with E-state index in [0.717, 1.165) is 6.42 Å². The number of carbonyl (C=O) groups is 2. The highest BCUT2D eigenvalue weighted by Crippen LogP contribution is 2.45. The molecule has 0 aliphatic carbocycles. The van der Waals surface area contributed by atoms with Gasteiger partial charge in [-0.15, -0.1) is 0 Å². The summed E-state index contributed by atoms with van der Waals surface area (Å²) in [6, 6.07) is 5.10. The van der Waals surface area contributed by atoms with Gasteiger partial charge >= 0.3 is 5.97 Å². The Balaban J connectivity index is 1.87. The third-order valence-electron chi connectivity index (χ3n) is 7.95. The minimum absolute atomic E-state index is 0.128. The number of aliphatic hydroxyl groups excluding tert-OH is 2. The maximum Gasteiger partial charge on any atom is 0.309 e. The molecule has 7 nitrogen and oxygen atoms in total. The number of carbonyl (C=O) groups excluding carboxylic acids is 2. The lowest BCUT2D eigenvalue weighted by atomic mass is 9.71. The number of halogens is 1. The second-order valence-electron chi connectivity index (χ2n) is 11.1. The summed E-state index contributed by atoms with van der Waals surface area (Å²) in [6.45, 7) is 8.84. The molecule has 2 aliphatic heterocycles. The van der Waals surface area contributed by atoms with Gasteiger partial charge in [0.1, 0.15) is 11.6 Å². The summed E-state index contributed by atoms with van der Waals surface area (Å²) >= 11 is 0. The standard InChI is InChI=1S/C28H40FNO6/c1-6-19-25(33)17(2)10-9-12-28(5)23(36-28)15-21(20(29)14-18-11-7-8-13-30-18)35-24(32)16-22(31)27(3,4)26(19)34/h7-8,11,13-14,17,19,21-23,25,31,33H,6,9-10,12,15-16H2,1-5H3/t17-,19+,21-,22-,23-,25-,28+/m0/s1. The van der Waals surface area contributed by atoms with Crippen LogP contribution in [-0.2, 0) is 19.1 Å². The molecule has 0 saturated carbocycles. The largest absolute Gasteiger partial charge is 0.455 e. The molecule has 0 unspecified atom stereocenters. The van der Waals surface area contributed by atoms with Crippen LogP contribution in [0.1, 0.15) is 78.8 Å². The smallest absolute Gasteiger partial charge is 0.309 e. The molecule has 1 aromatic rings. The maximum absolute atomic E-state index is 15.3. The fraction of sp³-hybridized carbons (Fsp3) is 0.679. The first-order chi connectivity index (χ1) is 16.9. The number of esters is 1. The van der Waals surface area contributed by atoms with Crippen LogP contribution in [0.5, 0.6) is 0 Å². The van der Waals surface area contributed by atoms with E-state index >= 15 is 4.39 Å². The maximum atomic E-state index is 15.3. The van der Waals surface area contributed by atoms with Gasteiger partial charge in [-0.3, -0.25) is 14.6 Å². The van der Waals surface area contributed by atoms with Gasteiger partial charge in [0, 0.05) is 18.5 Å². The lowest BCUT2D eigenvalue weighted by Gasteiger charge is -2.35. The predicted octanol–water partition coefficient (Wildman–Crippen LogP) is 4.40. The van der Waals surface area contributed by atoms with Crippen LogP contribution >= 0.6 is 0 Å². The number of epoxide rings is 1. The number of rotatable bonds is 3. The van der Waals surface area contributed by atoms with E-state index in [0.29, 0.717) is 25.0 Å². The molecule has 0 aromatic carbocycles. The van der Waals surface area contributed by atoms with Crippen LogP contribution in [0.25, 0.3) is 6.08 Å². The number of cyclic esters (lactones) is 1. The molecule has 8 heteroatoms. The number of aromatic nitrogens is 1. The Morgan fingerprint density at radius 3 is 2.61 bits per heavy atom. The number of pyridine rings is 1. The van der Waals surface area contributed by atoms with Gasteiger partial charge in [-0.25, -0.2) is 4.39 Å². The topological polar surface area (TPSA) is 109 Å². The van der Waals surface area contributed by atoms with Crippen LogP contribution < -0.4 is 0 Å². The van der Waals surface area contributed by atoms with Gasteiger partial charge in [0.15, 0.2) is 6.10 Å². The first-order valence-corrected chi connectivity index (χ1v) is 12.9. The Kier molecular flexibility index (Phi) is 9.06. The van der Waals surface area contributed by atoms with Gasteiger partial charge in [-0.2, -0.15) is 0 Å². The molecule has 0 bridgehead atoms. The molecule has 0 spiro atoms. The van der Waals surface area contributed by atoms with Gasteiger partial charge in [0.05, 0.1) is 41.4 Å². The molecule has 2 fully saturated rings. The molecule has 3 heterocycles. The van der Waals surface area contributed by atoms with Crippen molar-refractivity contribution in [2.24, 2.45) is 17.3 Å². The highest BCUT2D eigenvalue weighted by molar-refractivity contribution is 5.88. The number of hydrogen-bond acceptors (Lipinski definition) is 7. The molecule has 7 atom stereocenters. The second-order valence-corrected chi connectivity index (χ2v) is 11.1. The van der Waals surface area contributed by atoms with Gasteiger partial charge in [0.2, 0.25) is 0 Å².